The first-order valence-electron chi connectivity index (χ1n) is 4.63. The molecular weight excluding hydrogens is 232 g/mol. The van der Waals surface area contributed by atoms with Crippen LogP contribution in [0, 0.1) is 11.6 Å². The maximum atomic E-state index is 12.9. The van der Waals surface area contributed by atoms with Crippen LogP contribution in [0.5, 0.6) is 0 Å². The number of rotatable bonds is 2. The summed E-state index contributed by atoms with van der Waals surface area (Å²) < 4.78 is 25.5. The normalized spacial score (nSPS) is 10.2. The van der Waals surface area contributed by atoms with Crippen molar-refractivity contribution < 1.29 is 8.78 Å². The molecule has 0 aliphatic rings. The van der Waals surface area contributed by atoms with Crippen molar-refractivity contribution in [2.45, 2.75) is 0 Å². The fourth-order valence-electron chi connectivity index (χ4n) is 1.27. The minimum Gasteiger partial charge on any atom is -0.355 e. The van der Waals surface area contributed by atoms with E-state index in [0.29, 0.717) is 11.4 Å². The van der Waals surface area contributed by atoms with E-state index in [1.165, 1.54) is 24.3 Å². The van der Waals surface area contributed by atoms with Gasteiger partial charge >= 0.3 is 0 Å². The van der Waals surface area contributed by atoms with Crippen LogP contribution in [0.15, 0.2) is 42.5 Å². The SMILES string of the molecule is Fc1ccc(Nc2ccc(F)c(Cl)c2)cc1. The molecule has 0 aromatic heterocycles. The van der Waals surface area contributed by atoms with Crippen LogP contribution in [0.4, 0.5) is 20.2 Å². The quantitative estimate of drug-likeness (QED) is 0.821. The molecule has 0 amide bonds. The summed E-state index contributed by atoms with van der Waals surface area (Å²) in [7, 11) is 0. The Morgan fingerprint density at radius 2 is 1.50 bits per heavy atom. The fourth-order valence-corrected chi connectivity index (χ4v) is 1.45. The lowest BCUT2D eigenvalue weighted by Crippen LogP contribution is -1.90. The van der Waals surface area contributed by atoms with E-state index in [0.717, 1.165) is 0 Å². The molecule has 0 spiro atoms. The molecule has 2 aromatic carbocycles. The van der Waals surface area contributed by atoms with E-state index in [1.54, 1.807) is 18.2 Å². The molecule has 0 unspecified atom stereocenters. The van der Waals surface area contributed by atoms with Crippen molar-refractivity contribution in [1.82, 2.24) is 0 Å². The highest BCUT2D eigenvalue weighted by Crippen LogP contribution is 2.22. The zero-order valence-electron chi connectivity index (χ0n) is 8.18. The van der Waals surface area contributed by atoms with E-state index in [4.69, 9.17) is 11.6 Å². The van der Waals surface area contributed by atoms with Crippen LogP contribution in [0.3, 0.4) is 0 Å². The summed E-state index contributed by atoms with van der Waals surface area (Å²) in [5.74, 6) is -0.769. The van der Waals surface area contributed by atoms with Gasteiger partial charge in [0, 0.05) is 11.4 Å². The van der Waals surface area contributed by atoms with Gasteiger partial charge in [-0.1, -0.05) is 11.6 Å². The Morgan fingerprint density at radius 1 is 0.875 bits per heavy atom. The van der Waals surface area contributed by atoms with Crippen LogP contribution >= 0.6 is 11.6 Å². The highest BCUT2D eigenvalue weighted by atomic mass is 35.5. The lowest BCUT2D eigenvalue weighted by molar-refractivity contribution is 0.628. The lowest BCUT2D eigenvalue weighted by atomic mass is 10.2. The van der Waals surface area contributed by atoms with E-state index in [1.807, 2.05) is 0 Å². The molecule has 0 saturated heterocycles. The van der Waals surface area contributed by atoms with Crippen molar-refractivity contribution in [3.8, 4) is 0 Å². The van der Waals surface area contributed by atoms with Crippen molar-refractivity contribution in [3.05, 3.63) is 59.1 Å². The molecule has 0 atom stereocenters. The maximum absolute atomic E-state index is 12.9. The molecular formula is C12H8ClF2N. The standard InChI is InChI=1S/C12H8ClF2N/c13-11-7-10(5-6-12(11)15)16-9-3-1-8(14)2-4-9/h1-7,16H. The predicted molar refractivity (Wildman–Crippen MR) is 61.1 cm³/mol. The van der Waals surface area contributed by atoms with E-state index >= 15 is 0 Å². The van der Waals surface area contributed by atoms with Gasteiger partial charge in [0.1, 0.15) is 11.6 Å². The molecule has 0 radical (unpaired) electrons. The van der Waals surface area contributed by atoms with Gasteiger partial charge < -0.3 is 5.32 Å². The highest BCUT2D eigenvalue weighted by molar-refractivity contribution is 6.31. The van der Waals surface area contributed by atoms with Crippen LogP contribution in [0.25, 0.3) is 0 Å². The van der Waals surface area contributed by atoms with E-state index in [9.17, 15) is 8.78 Å². The largest absolute Gasteiger partial charge is 0.355 e. The van der Waals surface area contributed by atoms with E-state index in [2.05, 4.69) is 5.32 Å². The van der Waals surface area contributed by atoms with Gasteiger partial charge in [0.2, 0.25) is 0 Å². The molecule has 0 bridgehead atoms. The summed E-state index contributed by atoms with van der Waals surface area (Å²) in [5, 5.41) is 3.03. The molecule has 82 valence electrons. The highest BCUT2D eigenvalue weighted by Gasteiger charge is 2.01. The Bertz CT molecular complexity index is 497. The number of benzene rings is 2. The van der Waals surface area contributed by atoms with Crippen molar-refractivity contribution in [1.29, 1.82) is 0 Å². The Kier molecular flexibility index (Phi) is 3.06. The van der Waals surface area contributed by atoms with Crippen molar-refractivity contribution >= 4 is 23.0 Å². The molecule has 1 N–H and O–H groups in total. The zero-order valence-corrected chi connectivity index (χ0v) is 8.93. The van der Waals surface area contributed by atoms with Gasteiger partial charge in [-0.25, -0.2) is 8.78 Å². The number of anilines is 2. The van der Waals surface area contributed by atoms with Gasteiger partial charge in [0.05, 0.1) is 5.02 Å². The Morgan fingerprint density at radius 3 is 2.12 bits per heavy atom. The first-order valence-corrected chi connectivity index (χ1v) is 5.00. The van der Waals surface area contributed by atoms with Crippen LogP contribution < -0.4 is 5.32 Å². The third-order valence-electron chi connectivity index (χ3n) is 2.05. The summed E-state index contributed by atoms with van der Waals surface area (Å²) in [6.45, 7) is 0. The molecule has 2 aromatic rings. The minimum absolute atomic E-state index is 0.0483. The molecule has 16 heavy (non-hydrogen) atoms. The first-order chi connectivity index (χ1) is 7.65. The van der Waals surface area contributed by atoms with Gasteiger partial charge in [-0.15, -0.1) is 0 Å². The van der Waals surface area contributed by atoms with E-state index in [-0.39, 0.29) is 10.8 Å². The summed E-state index contributed by atoms with van der Waals surface area (Å²) in [6.07, 6.45) is 0. The Balaban J connectivity index is 2.20. The van der Waals surface area contributed by atoms with Crippen molar-refractivity contribution in [2.75, 3.05) is 5.32 Å². The number of hydrogen-bond donors (Lipinski definition) is 1. The van der Waals surface area contributed by atoms with Gasteiger partial charge in [-0.3, -0.25) is 0 Å². The second kappa shape index (κ2) is 4.49. The molecule has 2 rings (SSSR count). The Hall–Kier alpha value is -1.61. The first kappa shape index (κ1) is 10.9. The molecule has 1 nitrogen and oxygen atoms in total. The third kappa shape index (κ3) is 2.49. The van der Waals surface area contributed by atoms with Gasteiger partial charge in [0.25, 0.3) is 0 Å². The van der Waals surface area contributed by atoms with Crippen molar-refractivity contribution in [2.24, 2.45) is 0 Å². The average Bonchev–Trinajstić information content (AvgIpc) is 2.27. The van der Waals surface area contributed by atoms with Crippen LogP contribution in [0.2, 0.25) is 5.02 Å². The molecule has 0 heterocycles. The molecule has 0 aliphatic heterocycles. The number of hydrogen-bond acceptors (Lipinski definition) is 1. The van der Waals surface area contributed by atoms with Crippen LogP contribution in [-0.4, -0.2) is 0 Å². The monoisotopic (exact) mass is 239 g/mol. The van der Waals surface area contributed by atoms with Gasteiger partial charge in [0.15, 0.2) is 0 Å². The summed E-state index contributed by atoms with van der Waals surface area (Å²) in [5.41, 5.74) is 1.36. The van der Waals surface area contributed by atoms with Gasteiger partial charge in [-0.05, 0) is 42.5 Å². The van der Waals surface area contributed by atoms with Crippen molar-refractivity contribution in [3.63, 3.8) is 0 Å². The van der Waals surface area contributed by atoms with Gasteiger partial charge in [-0.2, -0.15) is 0 Å². The molecule has 0 aliphatic carbocycles. The smallest absolute Gasteiger partial charge is 0.141 e. The van der Waals surface area contributed by atoms with Crippen LogP contribution in [0.1, 0.15) is 0 Å². The molecule has 0 saturated carbocycles. The predicted octanol–water partition coefficient (Wildman–Crippen LogP) is 4.36. The van der Waals surface area contributed by atoms with E-state index < -0.39 is 5.82 Å². The number of nitrogens with one attached hydrogen (secondary N) is 1. The molecule has 0 fully saturated rings. The Labute approximate surface area is 96.7 Å². The van der Waals surface area contributed by atoms with Crippen LogP contribution in [-0.2, 0) is 0 Å². The fraction of sp³-hybridized carbons (Fsp3) is 0. The molecule has 4 heteroatoms. The minimum atomic E-state index is -0.466. The maximum Gasteiger partial charge on any atom is 0.141 e. The number of halogens is 3. The zero-order chi connectivity index (χ0) is 11.5. The topological polar surface area (TPSA) is 12.0 Å². The second-order valence-electron chi connectivity index (χ2n) is 3.26. The summed E-state index contributed by atoms with van der Waals surface area (Å²) in [6, 6.07) is 10.2. The lowest BCUT2D eigenvalue weighted by Gasteiger charge is -2.06. The summed E-state index contributed by atoms with van der Waals surface area (Å²) >= 11 is 5.63. The average molecular weight is 240 g/mol. The summed E-state index contributed by atoms with van der Waals surface area (Å²) in [4.78, 5) is 0. The second-order valence-corrected chi connectivity index (χ2v) is 3.67. The third-order valence-corrected chi connectivity index (χ3v) is 2.34.